The molecule has 0 radical (unpaired) electrons. The van der Waals surface area contributed by atoms with E-state index in [-0.39, 0.29) is 39.9 Å². The summed E-state index contributed by atoms with van der Waals surface area (Å²) in [7, 11) is 0. The van der Waals surface area contributed by atoms with Gasteiger partial charge in [-0.2, -0.15) is 0 Å². The number of hydrogen-bond donors (Lipinski definition) is 8. The molecule has 226 valence electrons. The Kier molecular flexibility index (Phi) is 8.32. The average Bonchev–Trinajstić information content (AvgIpc) is 2.98. The monoisotopic (exact) mass is 596 g/mol. The number of fused-ring (bicyclic) bond motifs is 1. The standard InChI is InChI=1S/C30H28O13/c31-16-5-1-14(2-6-16)3-8-25(36)40-13-24-26(37)27(38)28(39)30(43-24)42-23-12-18-20(34)10-17(32)11-22(18)41-29(23)15-4-7-19(33)21(35)9-15/h1-12,24,26-35,37-39H,13H2. The second kappa shape index (κ2) is 12.1. The molecular formula is C30H28O13. The van der Waals surface area contributed by atoms with E-state index in [9.17, 15) is 45.6 Å². The smallest absolute Gasteiger partial charge is 0.330 e. The quantitative estimate of drug-likeness (QED) is 0.111. The number of aliphatic hydroxyl groups is 3. The fraction of sp³-hybridized carbons (Fsp3) is 0.233. The van der Waals surface area contributed by atoms with Crippen molar-refractivity contribution in [2.45, 2.75) is 36.8 Å². The van der Waals surface area contributed by atoms with Gasteiger partial charge < -0.3 is 59.8 Å². The average molecular weight is 597 g/mol. The number of phenols is 5. The number of esters is 1. The van der Waals surface area contributed by atoms with Gasteiger partial charge >= 0.3 is 5.97 Å². The number of carbonyl (C=O) groups excluding carboxylic acids is 1. The SMILES string of the molecule is O=C(C=Cc1ccc(O)cc1)OCC1OC(OC2=Cc3c(O)cc(O)cc3OC2c2ccc(O)c(O)c2)C(O)C(O)C1O. The zero-order chi connectivity index (χ0) is 30.8. The van der Waals surface area contributed by atoms with Crippen molar-refractivity contribution in [2.75, 3.05) is 6.61 Å². The van der Waals surface area contributed by atoms with Crippen molar-refractivity contribution >= 4 is 18.1 Å². The first kappa shape index (κ1) is 29.5. The van der Waals surface area contributed by atoms with Gasteiger partial charge in [-0.05, 0) is 42.0 Å². The van der Waals surface area contributed by atoms with Crippen LogP contribution in [0.25, 0.3) is 12.2 Å². The maximum absolute atomic E-state index is 12.3. The minimum Gasteiger partial charge on any atom is -0.508 e. The predicted molar refractivity (Wildman–Crippen MR) is 147 cm³/mol. The highest BCUT2D eigenvalue weighted by Crippen LogP contribution is 2.45. The molecule has 0 saturated carbocycles. The third-order valence-corrected chi connectivity index (χ3v) is 6.81. The number of hydrogen-bond acceptors (Lipinski definition) is 13. The van der Waals surface area contributed by atoms with Gasteiger partial charge in [0.2, 0.25) is 6.29 Å². The van der Waals surface area contributed by atoms with E-state index in [1.807, 2.05) is 0 Å². The van der Waals surface area contributed by atoms with Gasteiger partial charge in [0.05, 0.1) is 5.56 Å². The number of phenolic OH excluding ortho intramolecular Hbond substituents is 5. The zero-order valence-electron chi connectivity index (χ0n) is 22.2. The lowest BCUT2D eigenvalue weighted by Gasteiger charge is -2.41. The highest BCUT2D eigenvalue weighted by molar-refractivity contribution is 5.87. The summed E-state index contributed by atoms with van der Waals surface area (Å²) in [4.78, 5) is 12.3. The van der Waals surface area contributed by atoms with Crippen molar-refractivity contribution in [3.8, 4) is 34.5 Å². The number of aromatic hydroxyl groups is 5. The summed E-state index contributed by atoms with van der Waals surface area (Å²) in [5.41, 5.74) is 0.966. The van der Waals surface area contributed by atoms with E-state index in [0.717, 1.165) is 12.1 Å². The molecule has 43 heavy (non-hydrogen) atoms. The van der Waals surface area contributed by atoms with Gasteiger partial charge in [0.25, 0.3) is 0 Å². The van der Waals surface area contributed by atoms with E-state index < -0.39 is 60.9 Å². The summed E-state index contributed by atoms with van der Waals surface area (Å²) in [6.45, 7) is -0.530. The van der Waals surface area contributed by atoms with Crippen molar-refractivity contribution in [1.82, 2.24) is 0 Å². The molecule has 0 amide bonds. The van der Waals surface area contributed by atoms with Crippen molar-refractivity contribution in [3.63, 3.8) is 0 Å². The first-order valence-corrected chi connectivity index (χ1v) is 13.0. The molecule has 2 aliphatic heterocycles. The number of carbonyl (C=O) groups is 1. The van der Waals surface area contributed by atoms with Gasteiger partial charge in [-0.25, -0.2) is 4.79 Å². The van der Waals surface area contributed by atoms with Crippen LogP contribution in [0.3, 0.4) is 0 Å². The van der Waals surface area contributed by atoms with Crippen LogP contribution in [0.15, 0.2) is 66.4 Å². The van der Waals surface area contributed by atoms with Gasteiger partial charge in [-0.1, -0.05) is 18.2 Å². The molecule has 1 fully saturated rings. The van der Waals surface area contributed by atoms with E-state index in [0.29, 0.717) is 5.56 Å². The summed E-state index contributed by atoms with van der Waals surface area (Å²) in [6.07, 6.45) is -5.50. The van der Waals surface area contributed by atoms with E-state index >= 15 is 0 Å². The molecule has 0 spiro atoms. The Labute approximate surface area is 244 Å². The molecule has 2 aliphatic rings. The number of rotatable bonds is 7. The van der Waals surface area contributed by atoms with Gasteiger partial charge in [0.15, 0.2) is 17.6 Å². The molecule has 5 rings (SSSR count). The fourth-order valence-electron chi connectivity index (χ4n) is 4.52. The Bertz CT molecular complexity index is 1550. The lowest BCUT2D eigenvalue weighted by molar-refractivity contribution is -0.294. The minimum atomic E-state index is -1.79. The Morgan fingerprint density at radius 2 is 1.56 bits per heavy atom. The summed E-state index contributed by atoms with van der Waals surface area (Å²) in [5.74, 6) is -2.31. The molecule has 1 saturated heterocycles. The summed E-state index contributed by atoms with van der Waals surface area (Å²) in [6, 6.07) is 12.1. The number of aliphatic hydroxyl groups excluding tert-OH is 3. The van der Waals surface area contributed by atoms with Crippen LogP contribution < -0.4 is 4.74 Å². The molecule has 2 heterocycles. The summed E-state index contributed by atoms with van der Waals surface area (Å²) >= 11 is 0. The van der Waals surface area contributed by atoms with Crippen molar-refractivity contribution in [2.24, 2.45) is 0 Å². The molecule has 3 aromatic rings. The largest absolute Gasteiger partial charge is 0.508 e. The molecular weight excluding hydrogens is 568 g/mol. The predicted octanol–water partition coefficient (Wildman–Crippen LogP) is 1.77. The summed E-state index contributed by atoms with van der Waals surface area (Å²) < 4.78 is 22.7. The first-order valence-electron chi connectivity index (χ1n) is 13.0. The Balaban J connectivity index is 1.35. The molecule has 6 unspecified atom stereocenters. The van der Waals surface area contributed by atoms with Crippen LogP contribution in [0.2, 0.25) is 0 Å². The third kappa shape index (κ3) is 6.44. The molecule has 0 aliphatic carbocycles. The lowest BCUT2D eigenvalue weighted by Crippen LogP contribution is -2.59. The van der Waals surface area contributed by atoms with Crippen LogP contribution in [-0.2, 0) is 19.0 Å². The Hall–Kier alpha value is -4.95. The topological polar surface area (TPSA) is 216 Å². The highest BCUT2D eigenvalue weighted by Gasteiger charge is 2.46. The van der Waals surface area contributed by atoms with E-state index in [4.69, 9.17) is 18.9 Å². The maximum atomic E-state index is 12.3. The van der Waals surface area contributed by atoms with Gasteiger partial charge in [-0.15, -0.1) is 0 Å². The van der Waals surface area contributed by atoms with Crippen LogP contribution in [0.1, 0.15) is 22.8 Å². The van der Waals surface area contributed by atoms with Crippen LogP contribution in [0.4, 0.5) is 0 Å². The van der Waals surface area contributed by atoms with Gasteiger partial charge in [0.1, 0.15) is 59.8 Å². The van der Waals surface area contributed by atoms with Crippen LogP contribution in [0.5, 0.6) is 34.5 Å². The first-order chi connectivity index (χ1) is 20.5. The molecule has 0 aromatic heterocycles. The van der Waals surface area contributed by atoms with Crippen molar-refractivity contribution in [3.05, 3.63) is 83.1 Å². The Morgan fingerprint density at radius 1 is 0.814 bits per heavy atom. The third-order valence-electron chi connectivity index (χ3n) is 6.81. The molecule has 13 heteroatoms. The second-order valence-electron chi connectivity index (χ2n) is 9.86. The van der Waals surface area contributed by atoms with Gasteiger partial charge in [-0.3, -0.25) is 0 Å². The number of benzene rings is 3. The van der Waals surface area contributed by atoms with E-state index in [2.05, 4.69) is 0 Å². The molecule has 13 nitrogen and oxygen atoms in total. The lowest BCUT2D eigenvalue weighted by atomic mass is 9.98. The number of ether oxygens (including phenoxy) is 4. The highest BCUT2D eigenvalue weighted by atomic mass is 16.7. The van der Waals surface area contributed by atoms with Crippen LogP contribution in [-0.4, -0.2) is 84.1 Å². The van der Waals surface area contributed by atoms with E-state index in [1.165, 1.54) is 48.6 Å². The van der Waals surface area contributed by atoms with Crippen LogP contribution in [0, 0.1) is 0 Å². The maximum Gasteiger partial charge on any atom is 0.330 e. The van der Waals surface area contributed by atoms with Crippen molar-refractivity contribution < 1.29 is 64.6 Å². The fourth-order valence-corrected chi connectivity index (χ4v) is 4.52. The molecule has 8 N–H and O–H groups in total. The van der Waals surface area contributed by atoms with Crippen molar-refractivity contribution in [1.29, 1.82) is 0 Å². The van der Waals surface area contributed by atoms with Gasteiger partial charge in [0, 0.05) is 23.8 Å². The molecule has 6 atom stereocenters. The van der Waals surface area contributed by atoms with Crippen LogP contribution >= 0.6 is 0 Å². The molecule has 0 bridgehead atoms. The summed E-state index contributed by atoms with van der Waals surface area (Å²) in [5, 5.41) is 81.2. The van der Waals surface area contributed by atoms with E-state index in [1.54, 1.807) is 12.1 Å². The minimum absolute atomic E-state index is 0.0492. The molecule has 3 aromatic carbocycles. The zero-order valence-corrected chi connectivity index (χ0v) is 22.2. The Morgan fingerprint density at radius 3 is 2.28 bits per heavy atom. The second-order valence-corrected chi connectivity index (χ2v) is 9.86. The normalized spacial score (nSPS) is 25.0.